The molecule has 0 atom stereocenters. The van der Waals surface area contributed by atoms with Gasteiger partial charge in [0.2, 0.25) is 0 Å². The number of rotatable bonds is 9. The standard InChI is InChI=1S/C12H18O5/c1-3-16-11(14)10(2)12(15)17-9-7-5-4-6-8-13/h8H,2-7,9H2,1H3. The van der Waals surface area contributed by atoms with Crippen molar-refractivity contribution in [3.8, 4) is 0 Å². The van der Waals surface area contributed by atoms with Crippen LogP contribution in [0.25, 0.3) is 0 Å². The Bertz CT molecular complexity index is 283. The summed E-state index contributed by atoms with van der Waals surface area (Å²) in [6, 6.07) is 0. The van der Waals surface area contributed by atoms with Gasteiger partial charge in [-0.05, 0) is 26.2 Å². The third kappa shape index (κ3) is 7.27. The van der Waals surface area contributed by atoms with Crippen LogP contribution in [0.15, 0.2) is 12.2 Å². The summed E-state index contributed by atoms with van der Waals surface area (Å²) in [5.74, 6) is -1.50. The molecule has 0 fully saturated rings. The molecule has 17 heavy (non-hydrogen) atoms. The molecule has 0 heterocycles. The molecule has 0 aliphatic rings. The van der Waals surface area contributed by atoms with Crippen LogP contribution in [0.5, 0.6) is 0 Å². The highest BCUT2D eigenvalue weighted by Gasteiger charge is 2.17. The van der Waals surface area contributed by atoms with Gasteiger partial charge < -0.3 is 14.3 Å². The zero-order valence-electron chi connectivity index (χ0n) is 10.1. The number of esters is 2. The van der Waals surface area contributed by atoms with Crippen LogP contribution in [0.3, 0.4) is 0 Å². The molecule has 0 rings (SSSR count). The first-order valence-electron chi connectivity index (χ1n) is 5.60. The Morgan fingerprint density at radius 3 is 2.35 bits per heavy atom. The van der Waals surface area contributed by atoms with E-state index in [1.54, 1.807) is 6.92 Å². The number of ether oxygens (including phenoxy) is 2. The van der Waals surface area contributed by atoms with Gasteiger partial charge in [0.15, 0.2) is 0 Å². The first-order chi connectivity index (χ1) is 8.13. The Balaban J connectivity index is 3.68. The normalized spacial score (nSPS) is 9.47. The van der Waals surface area contributed by atoms with E-state index in [9.17, 15) is 14.4 Å². The van der Waals surface area contributed by atoms with E-state index < -0.39 is 11.9 Å². The van der Waals surface area contributed by atoms with Crippen molar-refractivity contribution in [2.45, 2.75) is 32.6 Å². The molecule has 0 radical (unpaired) electrons. The molecule has 5 heteroatoms. The van der Waals surface area contributed by atoms with Gasteiger partial charge in [0.25, 0.3) is 0 Å². The van der Waals surface area contributed by atoms with Gasteiger partial charge in [-0.2, -0.15) is 0 Å². The molecule has 0 aliphatic carbocycles. The largest absolute Gasteiger partial charge is 0.462 e. The molecule has 0 unspecified atom stereocenters. The molecule has 0 spiro atoms. The third-order valence-electron chi connectivity index (χ3n) is 1.97. The summed E-state index contributed by atoms with van der Waals surface area (Å²) >= 11 is 0. The molecule has 0 amide bonds. The first-order valence-corrected chi connectivity index (χ1v) is 5.60. The summed E-state index contributed by atoms with van der Waals surface area (Å²) in [5.41, 5.74) is -0.292. The number of hydrogen-bond donors (Lipinski definition) is 0. The van der Waals surface area contributed by atoms with Gasteiger partial charge in [0.05, 0.1) is 13.2 Å². The van der Waals surface area contributed by atoms with Crippen LogP contribution in [0.2, 0.25) is 0 Å². The third-order valence-corrected chi connectivity index (χ3v) is 1.97. The fraction of sp³-hybridized carbons (Fsp3) is 0.583. The Kier molecular flexibility index (Phi) is 8.64. The molecule has 96 valence electrons. The highest BCUT2D eigenvalue weighted by molar-refractivity contribution is 6.13. The molecular weight excluding hydrogens is 224 g/mol. The number of carbonyl (C=O) groups excluding carboxylic acids is 3. The number of hydrogen-bond acceptors (Lipinski definition) is 5. The molecule has 0 aromatic carbocycles. The Morgan fingerprint density at radius 2 is 1.76 bits per heavy atom. The van der Waals surface area contributed by atoms with E-state index in [1.165, 1.54) is 0 Å². The smallest absolute Gasteiger partial charge is 0.344 e. The van der Waals surface area contributed by atoms with Crippen molar-refractivity contribution >= 4 is 18.2 Å². The van der Waals surface area contributed by atoms with E-state index in [-0.39, 0.29) is 18.8 Å². The lowest BCUT2D eigenvalue weighted by molar-refractivity contribution is -0.146. The molecule has 0 aromatic heterocycles. The fourth-order valence-electron chi connectivity index (χ4n) is 1.06. The predicted molar refractivity (Wildman–Crippen MR) is 61.3 cm³/mol. The second-order valence-corrected chi connectivity index (χ2v) is 3.35. The zero-order valence-corrected chi connectivity index (χ0v) is 10.1. The minimum atomic E-state index is -0.751. The maximum absolute atomic E-state index is 11.3. The zero-order chi connectivity index (χ0) is 13.1. The van der Waals surface area contributed by atoms with Crippen LogP contribution in [0.4, 0.5) is 0 Å². The highest BCUT2D eigenvalue weighted by atomic mass is 16.6. The van der Waals surface area contributed by atoms with Gasteiger partial charge in [-0.1, -0.05) is 6.58 Å². The average molecular weight is 242 g/mol. The first kappa shape index (κ1) is 15.3. The van der Waals surface area contributed by atoms with Gasteiger partial charge in [0.1, 0.15) is 11.9 Å². The number of carbonyl (C=O) groups is 3. The van der Waals surface area contributed by atoms with Crippen LogP contribution < -0.4 is 0 Å². The van der Waals surface area contributed by atoms with Crippen molar-refractivity contribution in [3.63, 3.8) is 0 Å². The minimum Gasteiger partial charge on any atom is -0.462 e. The van der Waals surface area contributed by atoms with E-state index in [1.807, 2.05) is 0 Å². The van der Waals surface area contributed by atoms with Crippen LogP contribution in [0.1, 0.15) is 32.6 Å². The average Bonchev–Trinajstić information content (AvgIpc) is 2.32. The number of unbranched alkanes of at least 4 members (excludes halogenated alkanes) is 3. The Labute approximate surface area is 101 Å². The fourth-order valence-corrected chi connectivity index (χ4v) is 1.06. The van der Waals surface area contributed by atoms with Gasteiger partial charge >= 0.3 is 11.9 Å². The van der Waals surface area contributed by atoms with Gasteiger partial charge in [0, 0.05) is 6.42 Å². The molecule has 0 N–H and O–H groups in total. The highest BCUT2D eigenvalue weighted by Crippen LogP contribution is 2.02. The lowest BCUT2D eigenvalue weighted by Gasteiger charge is -2.06. The summed E-state index contributed by atoms with van der Waals surface area (Å²) in [6.07, 6.45) is 3.62. The summed E-state index contributed by atoms with van der Waals surface area (Å²) < 4.78 is 9.43. The van der Waals surface area contributed by atoms with Gasteiger partial charge in [-0.3, -0.25) is 0 Å². The van der Waals surface area contributed by atoms with E-state index in [4.69, 9.17) is 4.74 Å². The predicted octanol–water partition coefficient (Wildman–Crippen LogP) is 1.41. The van der Waals surface area contributed by atoms with Crippen molar-refractivity contribution in [1.29, 1.82) is 0 Å². The van der Waals surface area contributed by atoms with E-state index in [0.717, 1.165) is 19.1 Å². The van der Waals surface area contributed by atoms with Gasteiger partial charge in [-0.15, -0.1) is 0 Å². The molecule has 0 saturated heterocycles. The van der Waals surface area contributed by atoms with Crippen molar-refractivity contribution in [2.75, 3.05) is 13.2 Å². The summed E-state index contributed by atoms with van der Waals surface area (Å²) in [5, 5.41) is 0. The molecule has 0 aromatic rings. The molecule has 0 saturated carbocycles. The second-order valence-electron chi connectivity index (χ2n) is 3.35. The SMILES string of the molecule is C=C(C(=O)OCC)C(=O)OCCCCCC=O. The minimum absolute atomic E-state index is 0.191. The molecule has 0 aliphatic heterocycles. The van der Waals surface area contributed by atoms with Crippen LogP contribution in [-0.4, -0.2) is 31.4 Å². The summed E-state index contributed by atoms with van der Waals surface area (Å²) in [7, 11) is 0. The maximum atomic E-state index is 11.3. The van der Waals surface area contributed by atoms with Crippen LogP contribution in [-0.2, 0) is 23.9 Å². The van der Waals surface area contributed by atoms with E-state index >= 15 is 0 Å². The molecule has 5 nitrogen and oxygen atoms in total. The quantitative estimate of drug-likeness (QED) is 0.153. The van der Waals surface area contributed by atoms with Crippen molar-refractivity contribution < 1.29 is 23.9 Å². The van der Waals surface area contributed by atoms with E-state index in [2.05, 4.69) is 11.3 Å². The van der Waals surface area contributed by atoms with Crippen LogP contribution >= 0.6 is 0 Å². The lowest BCUT2D eigenvalue weighted by Crippen LogP contribution is -2.17. The van der Waals surface area contributed by atoms with Crippen molar-refractivity contribution in [2.24, 2.45) is 0 Å². The Morgan fingerprint density at radius 1 is 1.12 bits per heavy atom. The molecule has 0 bridgehead atoms. The monoisotopic (exact) mass is 242 g/mol. The van der Waals surface area contributed by atoms with Crippen molar-refractivity contribution in [1.82, 2.24) is 0 Å². The van der Waals surface area contributed by atoms with Crippen LogP contribution in [0, 0.1) is 0 Å². The topological polar surface area (TPSA) is 69.7 Å². The number of aldehydes is 1. The van der Waals surface area contributed by atoms with Gasteiger partial charge in [-0.25, -0.2) is 9.59 Å². The maximum Gasteiger partial charge on any atom is 0.344 e. The lowest BCUT2D eigenvalue weighted by atomic mass is 10.2. The summed E-state index contributed by atoms with van der Waals surface area (Å²) in [6.45, 7) is 5.36. The van der Waals surface area contributed by atoms with Crippen molar-refractivity contribution in [3.05, 3.63) is 12.2 Å². The second kappa shape index (κ2) is 9.57. The molecular formula is C12H18O5. The Hall–Kier alpha value is -1.65. The summed E-state index contributed by atoms with van der Waals surface area (Å²) in [4.78, 5) is 32.4. The van der Waals surface area contributed by atoms with E-state index in [0.29, 0.717) is 12.8 Å².